The van der Waals surface area contributed by atoms with E-state index in [9.17, 15) is 26.4 Å². The zero-order valence-electron chi connectivity index (χ0n) is 17.2. The van der Waals surface area contributed by atoms with Crippen molar-refractivity contribution in [1.82, 2.24) is 4.31 Å². The van der Waals surface area contributed by atoms with Gasteiger partial charge in [-0.3, -0.25) is 4.79 Å². The van der Waals surface area contributed by atoms with Gasteiger partial charge in [0.15, 0.2) is 6.61 Å². The number of carbonyl (C=O) groups excluding carboxylic acids is 1. The van der Waals surface area contributed by atoms with Crippen molar-refractivity contribution in [3.8, 4) is 11.5 Å². The van der Waals surface area contributed by atoms with Crippen LogP contribution in [0.2, 0.25) is 0 Å². The summed E-state index contributed by atoms with van der Waals surface area (Å²) in [4.78, 5) is 12.5. The van der Waals surface area contributed by atoms with Crippen LogP contribution in [0, 0.1) is 0 Å². The van der Waals surface area contributed by atoms with E-state index in [1.54, 1.807) is 13.8 Å². The number of methoxy groups -OCH3 is 1. The van der Waals surface area contributed by atoms with Crippen LogP contribution < -0.4 is 14.8 Å². The molecule has 0 saturated heterocycles. The van der Waals surface area contributed by atoms with E-state index >= 15 is 0 Å². The Balaban J connectivity index is 2.22. The Kier molecular flexibility index (Phi) is 7.91. The fourth-order valence-corrected chi connectivity index (χ4v) is 4.36. The van der Waals surface area contributed by atoms with Crippen LogP contribution in [-0.4, -0.2) is 51.6 Å². The average Bonchev–Trinajstić information content (AvgIpc) is 2.72. The first-order valence-corrected chi connectivity index (χ1v) is 10.7. The number of benzene rings is 2. The van der Waals surface area contributed by atoms with E-state index in [0.29, 0.717) is 5.69 Å². The molecular weight excluding hydrogens is 437 g/mol. The zero-order valence-corrected chi connectivity index (χ0v) is 18.0. The van der Waals surface area contributed by atoms with Crippen LogP contribution in [0.3, 0.4) is 0 Å². The molecule has 0 atom stereocenters. The van der Waals surface area contributed by atoms with Crippen molar-refractivity contribution in [1.29, 1.82) is 0 Å². The number of rotatable bonds is 9. The summed E-state index contributed by atoms with van der Waals surface area (Å²) in [6.45, 7) is 2.48. The van der Waals surface area contributed by atoms with Crippen molar-refractivity contribution in [2.24, 2.45) is 0 Å². The minimum Gasteiger partial charge on any atom is -0.495 e. The zero-order chi connectivity index (χ0) is 23.2. The number of anilines is 1. The van der Waals surface area contributed by atoms with Crippen LogP contribution in [-0.2, 0) is 10.0 Å². The van der Waals surface area contributed by atoms with Gasteiger partial charge in [0.1, 0.15) is 16.4 Å². The minimum atomic E-state index is -4.45. The predicted molar refractivity (Wildman–Crippen MR) is 109 cm³/mol. The third-order valence-corrected chi connectivity index (χ3v) is 6.33. The van der Waals surface area contributed by atoms with Gasteiger partial charge in [-0.2, -0.15) is 17.5 Å². The second kappa shape index (κ2) is 10.0. The number of halogens is 3. The molecule has 0 saturated carbocycles. The Labute approximate surface area is 178 Å². The van der Waals surface area contributed by atoms with E-state index in [2.05, 4.69) is 10.1 Å². The number of sulfonamides is 1. The maximum atomic E-state index is 12.9. The van der Waals surface area contributed by atoms with Gasteiger partial charge in [-0.25, -0.2) is 8.42 Å². The van der Waals surface area contributed by atoms with Crippen molar-refractivity contribution >= 4 is 21.6 Å². The van der Waals surface area contributed by atoms with E-state index in [4.69, 9.17) is 4.74 Å². The third-order valence-electron chi connectivity index (χ3n) is 4.26. The Bertz CT molecular complexity index is 1000. The molecule has 0 unspecified atom stereocenters. The summed E-state index contributed by atoms with van der Waals surface area (Å²) < 4.78 is 73.4. The molecule has 7 nitrogen and oxygen atoms in total. The lowest BCUT2D eigenvalue weighted by molar-refractivity contribution is -0.153. The first-order valence-electron chi connectivity index (χ1n) is 9.31. The SMILES string of the molecule is CCN(CC)S(=O)(=O)c1cc(C(=O)Nc2ccc(OCC(F)(F)F)cc2)ccc1OC. The maximum absolute atomic E-state index is 12.9. The molecule has 170 valence electrons. The maximum Gasteiger partial charge on any atom is 0.422 e. The number of carbonyl (C=O) groups is 1. The summed E-state index contributed by atoms with van der Waals surface area (Å²) in [5.41, 5.74) is 0.372. The summed E-state index contributed by atoms with van der Waals surface area (Å²) in [6.07, 6.45) is -4.45. The highest BCUT2D eigenvalue weighted by Gasteiger charge is 2.28. The van der Waals surface area contributed by atoms with Gasteiger partial charge in [0.2, 0.25) is 10.0 Å². The summed E-state index contributed by atoms with van der Waals surface area (Å²) in [6, 6.07) is 9.34. The molecule has 0 heterocycles. The molecule has 0 radical (unpaired) electrons. The molecule has 0 bridgehead atoms. The van der Waals surface area contributed by atoms with E-state index in [1.807, 2.05) is 0 Å². The molecule has 11 heteroatoms. The molecule has 0 aromatic heterocycles. The topological polar surface area (TPSA) is 84.9 Å². The van der Waals surface area contributed by atoms with Gasteiger partial charge in [-0.1, -0.05) is 13.8 Å². The quantitative estimate of drug-likeness (QED) is 0.613. The summed E-state index contributed by atoms with van der Waals surface area (Å²) >= 11 is 0. The third kappa shape index (κ3) is 6.34. The number of hydrogen-bond acceptors (Lipinski definition) is 5. The van der Waals surface area contributed by atoms with Crippen molar-refractivity contribution in [2.75, 3.05) is 32.1 Å². The Morgan fingerprint density at radius 1 is 1.06 bits per heavy atom. The molecule has 0 aliphatic rings. The normalized spacial score (nSPS) is 12.0. The fourth-order valence-electron chi connectivity index (χ4n) is 2.73. The first kappa shape index (κ1) is 24.5. The molecule has 1 amide bonds. The standard InChI is InChI=1S/C20H23F3N2O5S/c1-4-25(5-2)31(27,28)18-12-14(6-11-17(18)29-3)19(26)24-15-7-9-16(10-8-15)30-13-20(21,22)23/h6-12H,4-5,13H2,1-3H3,(H,24,26). The molecule has 2 aromatic rings. The fraction of sp³-hybridized carbons (Fsp3) is 0.350. The Hall–Kier alpha value is -2.79. The predicted octanol–water partition coefficient (Wildman–Crippen LogP) is 3.92. The van der Waals surface area contributed by atoms with Crippen LogP contribution in [0.1, 0.15) is 24.2 Å². The first-order chi connectivity index (χ1) is 14.5. The largest absolute Gasteiger partial charge is 0.495 e. The number of alkyl halides is 3. The number of nitrogens with zero attached hydrogens (tertiary/aromatic N) is 1. The average molecular weight is 460 g/mol. The highest BCUT2D eigenvalue weighted by molar-refractivity contribution is 7.89. The van der Waals surface area contributed by atoms with E-state index in [1.165, 1.54) is 53.9 Å². The van der Waals surface area contributed by atoms with Crippen molar-refractivity contribution in [3.05, 3.63) is 48.0 Å². The van der Waals surface area contributed by atoms with Gasteiger partial charge >= 0.3 is 6.18 Å². The minimum absolute atomic E-state index is 0.00706. The van der Waals surface area contributed by atoms with Gasteiger partial charge in [0.05, 0.1) is 7.11 Å². The lowest BCUT2D eigenvalue weighted by atomic mass is 10.2. The molecular formula is C20H23F3N2O5S. The van der Waals surface area contributed by atoms with Crippen LogP contribution in [0.15, 0.2) is 47.4 Å². The molecule has 31 heavy (non-hydrogen) atoms. The van der Waals surface area contributed by atoms with Gasteiger partial charge in [0, 0.05) is 24.3 Å². The smallest absolute Gasteiger partial charge is 0.422 e. The summed E-state index contributed by atoms with van der Waals surface area (Å²) in [5, 5.41) is 2.57. The summed E-state index contributed by atoms with van der Waals surface area (Å²) in [7, 11) is -2.54. The number of hydrogen-bond donors (Lipinski definition) is 1. The lowest BCUT2D eigenvalue weighted by Gasteiger charge is -2.20. The number of nitrogens with one attached hydrogen (secondary N) is 1. The number of ether oxygens (including phenoxy) is 2. The Morgan fingerprint density at radius 2 is 1.68 bits per heavy atom. The molecule has 0 aliphatic heterocycles. The van der Waals surface area contributed by atoms with E-state index in [0.717, 1.165) is 0 Å². The van der Waals surface area contributed by atoms with Gasteiger partial charge < -0.3 is 14.8 Å². The highest BCUT2D eigenvalue weighted by atomic mass is 32.2. The van der Waals surface area contributed by atoms with E-state index in [-0.39, 0.29) is 35.0 Å². The van der Waals surface area contributed by atoms with Gasteiger partial charge in [0.25, 0.3) is 5.91 Å². The van der Waals surface area contributed by atoms with Crippen LogP contribution in [0.4, 0.5) is 18.9 Å². The van der Waals surface area contributed by atoms with Gasteiger partial charge in [-0.15, -0.1) is 0 Å². The molecule has 0 spiro atoms. The monoisotopic (exact) mass is 460 g/mol. The second-order valence-corrected chi connectivity index (χ2v) is 8.24. The summed E-state index contributed by atoms with van der Waals surface area (Å²) in [5.74, 6) is -0.496. The van der Waals surface area contributed by atoms with Crippen molar-refractivity contribution in [2.45, 2.75) is 24.9 Å². The lowest BCUT2D eigenvalue weighted by Crippen LogP contribution is -2.31. The second-order valence-electron chi connectivity index (χ2n) is 6.34. The Morgan fingerprint density at radius 3 is 2.19 bits per heavy atom. The molecule has 2 aromatic carbocycles. The molecule has 0 fully saturated rings. The molecule has 0 aliphatic carbocycles. The van der Waals surface area contributed by atoms with Crippen LogP contribution >= 0.6 is 0 Å². The van der Waals surface area contributed by atoms with Crippen molar-refractivity contribution in [3.63, 3.8) is 0 Å². The van der Waals surface area contributed by atoms with Crippen LogP contribution in [0.25, 0.3) is 0 Å². The molecule has 1 N–H and O–H groups in total. The van der Waals surface area contributed by atoms with Crippen molar-refractivity contribution < 1.29 is 35.9 Å². The number of amides is 1. The van der Waals surface area contributed by atoms with Gasteiger partial charge in [-0.05, 0) is 42.5 Å². The highest BCUT2D eigenvalue weighted by Crippen LogP contribution is 2.28. The van der Waals surface area contributed by atoms with E-state index < -0.39 is 28.7 Å². The van der Waals surface area contributed by atoms with Crippen LogP contribution in [0.5, 0.6) is 11.5 Å². The molecule has 2 rings (SSSR count).